The molecule has 4 nitrogen and oxygen atoms in total. The van der Waals surface area contributed by atoms with Gasteiger partial charge in [-0.2, -0.15) is 0 Å². The summed E-state index contributed by atoms with van der Waals surface area (Å²) in [6.07, 6.45) is -1.49. The van der Waals surface area contributed by atoms with E-state index >= 15 is 0 Å². The van der Waals surface area contributed by atoms with Gasteiger partial charge in [0.2, 0.25) is 5.95 Å². The quantitative estimate of drug-likeness (QED) is 0.429. The Morgan fingerprint density at radius 1 is 1.00 bits per heavy atom. The van der Waals surface area contributed by atoms with Crippen LogP contribution in [0.1, 0.15) is 64.1 Å². The number of hydrogen-bond acceptors (Lipinski definition) is 3. The molecule has 0 aliphatic heterocycles. The summed E-state index contributed by atoms with van der Waals surface area (Å²) in [5, 5.41) is 3.37. The maximum absolute atomic E-state index is 12.5. The average molecular weight is 460 g/mol. The van der Waals surface area contributed by atoms with Gasteiger partial charge in [0.15, 0.2) is 0 Å². The van der Waals surface area contributed by atoms with Crippen molar-refractivity contribution in [1.29, 1.82) is 0 Å². The number of nitrogens with zero attached hydrogens (tertiary/aromatic N) is 2. The van der Waals surface area contributed by atoms with Crippen molar-refractivity contribution in [1.82, 2.24) is 9.55 Å². The van der Waals surface area contributed by atoms with Crippen LogP contribution >= 0.6 is 0 Å². The van der Waals surface area contributed by atoms with E-state index in [1.54, 1.807) is 12.1 Å². The number of aromatic nitrogens is 2. The van der Waals surface area contributed by atoms with Gasteiger partial charge < -0.3 is 14.6 Å². The van der Waals surface area contributed by atoms with Gasteiger partial charge in [-0.25, -0.2) is 4.98 Å². The van der Waals surface area contributed by atoms with Crippen molar-refractivity contribution in [3.05, 3.63) is 47.5 Å². The number of imidazole rings is 1. The number of hydrogen-bond donors (Lipinski definition) is 1. The predicted octanol–water partition coefficient (Wildman–Crippen LogP) is 8.07. The van der Waals surface area contributed by atoms with Gasteiger partial charge in [0.25, 0.3) is 0 Å². The van der Waals surface area contributed by atoms with Gasteiger partial charge in [-0.3, -0.25) is 0 Å². The molecular formula is C26H32F3N3O. The molecule has 0 atom stereocenters. The SMILES string of the molecule is Cc1cc(C)c2nc(Nc3ccc(OC(F)(F)F)cc3)n(C3CC(C)(C)CC(C)(C)C3)c2c1. The third-order valence-electron chi connectivity index (χ3n) is 6.37. The fourth-order valence-electron chi connectivity index (χ4n) is 5.84. The summed E-state index contributed by atoms with van der Waals surface area (Å²) in [5.74, 6) is 0.463. The van der Waals surface area contributed by atoms with Crippen molar-refractivity contribution in [3.63, 3.8) is 0 Å². The van der Waals surface area contributed by atoms with E-state index in [-0.39, 0.29) is 22.6 Å². The average Bonchev–Trinajstić information content (AvgIpc) is 2.98. The van der Waals surface area contributed by atoms with E-state index in [0.29, 0.717) is 11.6 Å². The second-order valence-electron chi connectivity index (χ2n) is 11.0. The number of fused-ring (bicyclic) bond motifs is 1. The molecular weight excluding hydrogens is 427 g/mol. The predicted molar refractivity (Wildman–Crippen MR) is 126 cm³/mol. The largest absolute Gasteiger partial charge is 0.573 e. The van der Waals surface area contributed by atoms with Crippen LogP contribution in [-0.2, 0) is 0 Å². The number of anilines is 2. The van der Waals surface area contributed by atoms with E-state index in [9.17, 15) is 13.2 Å². The summed E-state index contributed by atoms with van der Waals surface area (Å²) < 4.78 is 43.8. The number of ether oxygens (including phenoxy) is 1. The third kappa shape index (κ3) is 5.28. The monoisotopic (exact) mass is 459 g/mol. The van der Waals surface area contributed by atoms with Gasteiger partial charge in [0, 0.05) is 11.7 Å². The molecule has 1 N–H and O–H groups in total. The highest BCUT2D eigenvalue weighted by Gasteiger charge is 2.40. The van der Waals surface area contributed by atoms with Gasteiger partial charge in [-0.05, 0) is 85.4 Å². The minimum Gasteiger partial charge on any atom is -0.406 e. The Morgan fingerprint density at radius 2 is 1.61 bits per heavy atom. The lowest BCUT2D eigenvalue weighted by Crippen LogP contribution is -2.35. The first kappa shape index (κ1) is 23.5. The van der Waals surface area contributed by atoms with E-state index in [1.807, 2.05) is 0 Å². The fraction of sp³-hybridized carbons (Fsp3) is 0.500. The van der Waals surface area contributed by atoms with Crippen LogP contribution < -0.4 is 10.1 Å². The highest BCUT2D eigenvalue weighted by molar-refractivity contribution is 5.83. The molecule has 0 amide bonds. The Labute approximate surface area is 193 Å². The van der Waals surface area contributed by atoms with Crippen LogP contribution in [0.4, 0.5) is 24.8 Å². The molecule has 0 bridgehead atoms. The van der Waals surface area contributed by atoms with Crippen molar-refractivity contribution in [2.75, 3.05) is 5.32 Å². The summed E-state index contributed by atoms with van der Waals surface area (Å²) >= 11 is 0. The van der Waals surface area contributed by atoms with Crippen LogP contribution in [-0.4, -0.2) is 15.9 Å². The fourth-order valence-corrected chi connectivity index (χ4v) is 5.84. The number of halogens is 3. The molecule has 1 aliphatic carbocycles. The molecule has 0 radical (unpaired) electrons. The molecule has 2 aromatic carbocycles. The molecule has 1 aliphatic rings. The van der Waals surface area contributed by atoms with Crippen molar-refractivity contribution < 1.29 is 17.9 Å². The van der Waals surface area contributed by atoms with E-state index < -0.39 is 6.36 Å². The first-order valence-corrected chi connectivity index (χ1v) is 11.3. The lowest BCUT2D eigenvalue weighted by atomic mass is 9.63. The molecule has 1 saturated carbocycles. The van der Waals surface area contributed by atoms with Crippen LogP contribution in [0.3, 0.4) is 0 Å². The minimum absolute atomic E-state index is 0.190. The maximum atomic E-state index is 12.5. The Morgan fingerprint density at radius 3 is 2.18 bits per heavy atom. The molecule has 4 rings (SSSR count). The zero-order valence-electron chi connectivity index (χ0n) is 20.1. The molecule has 33 heavy (non-hydrogen) atoms. The highest BCUT2D eigenvalue weighted by atomic mass is 19.4. The molecule has 1 fully saturated rings. The summed E-state index contributed by atoms with van der Waals surface area (Å²) in [6.45, 7) is 13.4. The first-order chi connectivity index (χ1) is 15.2. The van der Waals surface area contributed by atoms with Gasteiger partial charge in [0.05, 0.1) is 11.0 Å². The number of rotatable bonds is 4. The summed E-state index contributed by atoms with van der Waals surface area (Å²) in [6, 6.07) is 10.3. The molecule has 1 aromatic heterocycles. The lowest BCUT2D eigenvalue weighted by molar-refractivity contribution is -0.274. The van der Waals surface area contributed by atoms with Crippen molar-refractivity contribution in [3.8, 4) is 5.75 Å². The van der Waals surface area contributed by atoms with Crippen molar-refractivity contribution >= 4 is 22.7 Å². The molecule has 3 aromatic rings. The Balaban J connectivity index is 1.76. The minimum atomic E-state index is -4.71. The molecule has 178 valence electrons. The maximum Gasteiger partial charge on any atom is 0.573 e. The zero-order valence-corrected chi connectivity index (χ0v) is 20.1. The Kier molecular flexibility index (Phi) is 5.66. The first-order valence-electron chi connectivity index (χ1n) is 11.3. The highest BCUT2D eigenvalue weighted by Crippen LogP contribution is 2.51. The van der Waals surface area contributed by atoms with Gasteiger partial charge in [0.1, 0.15) is 5.75 Å². The van der Waals surface area contributed by atoms with E-state index in [2.05, 4.69) is 68.3 Å². The number of nitrogens with one attached hydrogen (secondary N) is 1. The van der Waals surface area contributed by atoms with Gasteiger partial charge >= 0.3 is 6.36 Å². The molecule has 0 spiro atoms. The van der Waals surface area contributed by atoms with Crippen LogP contribution in [0, 0.1) is 24.7 Å². The van der Waals surface area contributed by atoms with Crippen LogP contribution in [0.15, 0.2) is 36.4 Å². The zero-order chi connectivity index (χ0) is 24.2. The van der Waals surface area contributed by atoms with E-state index in [0.717, 1.165) is 35.9 Å². The van der Waals surface area contributed by atoms with Crippen LogP contribution in [0.2, 0.25) is 0 Å². The third-order valence-corrected chi connectivity index (χ3v) is 6.37. The molecule has 7 heteroatoms. The van der Waals surface area contributed by atoms with Crippen molar-refractivity contribution in [2.24, 2.45) is 10.8 Å². The van der Waals surface area contributed by atoms with E-state index in [1.165, 1.54) is 17.7 Å². The second-order valence-corrected chi connectivity index (χ2v) is 11.0. The number of benzene rings is 2. The normalized spacial score (nSPS) is 18.5. The summed E-state index contributed by atoms with van der Waals surface area (Å²) in [7, 11) is 0. The molecule has 0 unspecified atom stereocenters. The van der Waals surface area contributed by atoms with Crippen LogP contribution in [0.25, 0.3) is 11.0 Å². The van der Waals surface area contributed by atoms with E-state index in [4.69, 9.17) is 4.98 Å². The topological polar surface area (TPSA) is 39.1 Å². The number of aryl methyl sites for hydroxylation is 2. The molecule has 1 heterocycles. The Hall–Kier alpha value is -2.70. The van der Waals surface area contributed by atoms with Gasteiger partial charge in [-0.15, -0.1) is 13.2 Å². The number of alkyl halides is 3. The lowest BCUT2D eigenvalue weighted by Gasteiger charge is -2.45. The smallest absolute Gasteiger partial charge is 0.406 e. The van der Waals surface area contributed by atoms with Crippen molar-refractivity contribution in [2.45, 2.75) is 73.2 Å². The summed E-state index contributed by atoms with van der Waals surface area (Å²) in [5.41, 5.74) is 5.35. The Bertz CT molecular complexity index is 1140. The second kappa shape index (κ2) is 7.96. The molecule has 0 saturated heterocycles. The standard InChI is InChI=1S/C26H32F3N3O/c1-16-11-17(2)22-21(12-16)32(19-13-24(3,4)15-25(5,6)14-19)23(31-22)30-18-7-9-20(10-8-18)33-26(27,28)29/h7-12,19H,13-15H2,1-6H3,(H,30,31). The van der Waals surface area contributed by atoms with Crippen LogP contribution in [0.5, 0.6) is 5.75 Å². The summed E-state index contributed by atoms with van der Waals surface area (Å²) in [4.78, 5) is 4.94. The van der Waals surface area contributed by atoms with Gasteiger partial charge in [-0.1, -0.05) is 33.8 Å².